The minimum absolute atomic E-state index is 0.479. The Morgan fingerprint density at radius 3 is 2.29 bits per heavy atom. The van der Waals surface area contributed by atoms with E-state index in [4.69, 9.17) is 21.6 Å². The van der Waals surface area contributed by atoms with Crippen molar-refractivity contribution >= 4 is 0 Å². The van der Waals surface area contributed by atoms with E-state index in [1.54, 1.807) is 0 Å². The van der Waals surface area contributed by atoms with Crippen molar-refractivity contribution in [2.75, 3.05) is 6.61 Å². The molecule has 119 valence electrons. The van der Waals surface area contributed by atoms with Gasteiger partial charge in [-0.1, -0.05) is 0 Å². The minimum atomic E-state index is -3.44. The first-order chi connectivity index (χ1) is 9.77. The number of aromatic amines is 1. The zero-order valence-corrected chi connectivity index (χ0v) is 11.8. The summed E-state index contributed by atoms with van der Waals surface area (Å²) < 4.78 is 29.3. The van der Waals surface area contributed by atoms with Gasteiger partial charge in [0.1, 0.15) is 18.3 Å². The average molecular weight is 345 g/mol. The molecule has 1 fully saturated rings. The van der Waals surface area contributed by atoms with Gasteiger partial charge >= 0.3 is 33.2 Å². The summed E-state index contributed by atoms with van der Waals surface area (Å²) in [7, 11) is 0. The second kappa shape index (κ2) is 7.73. The number of aromatic nitrogens is 2. The first-order valence-electron chi connectivity index (χ1n) is 5.57. The number of ether oxygens (including phenoxy) is 1. The van der Waals surface area contributed by atoms with Gasteiger partial charge in [0, 0.05) is 12.3 Å². The molecule has 1 saturated heterocycles. The molecule has 4 atom stereocenters. The number of hydrogen-bond donors (Lipinski definition) is 6. The third-order valence-corrected chi connectivity index (χ3v) is 2.64. The van der Waals surface area contributed by atoms with Crippen molar-refractivity contribution in [2.45, 2.75) is 24.5 Å². The number of nitrogens with zero attached hydrogens (tertiary/aromatic N) is 1. The van der Waals surface area contributed by atoms with E-state index in [-0.39, 0.29) is 0 Å². The number of hydrogen-bond acceptors (Lipinski definition) is 7. The van der Waals surface area contributed by atoms with Crippen molar-refractivity contribution in [1.29, 1.82) is 0 Å². The molecule has 1 aliphatic rings. The van der Waals surface area contributed by atoms with Crippen LogP contribution in [-0.4, -0.2) is 57.9 Å². The van der Waals surface area contributed by atoms with E-state index >= 15 is 0 Å². The molecule has 0 aromatic carbocycles. The molecular formula is C9H14N2O9V. The van der Waals surface area contributed by atoms with E-state index in [9.17, 15) is 19.8 Å². The molecule has 0 spiro atoms. The van der Waals surface area contributed by atoms with Crippen molar-refractivity contribution in [3.63, 3.8) is 0 Å². The van der Waals surface area contributed by atoms with Crippen molar-refractivity contribution in [3.05, 3.63) is 33.1 Å². The number of aliphatic hydroxyl groups excluding tert-OH is 3. The molecule has 12 heteroatoms. The van der Waals surface area contributed by atoms with Crippen LogP contribution in [0.4, 0.5) is 0 Å². The van der Waals surface area contributed by atoms with E-state index in [0.29, 0.717) is 0 Å². The van der Waals surface area contributed by atoms with Crippen LogP contribution in [-0.2, 0) is 24.2 Å². The van der Waals surface area contributed by atoms with E-state index in [2.05, 4.69) is 0 Å². The fourth-order valence-electron chi connectivity index (χ4n) is 1.74. The first kappa shape index (κ1) is 17.9. The summed E-state index contributed by atoms with van der Waals surface area (Å²) >= 11 is -3.44. The summed E-state index contributed by atoms with van der Waals surface area (Å²) in [5.74, 6) is 0. The Bertz CT molecular complexity index is 595. The SMILES string of the molecule is O=c1ccn([C@@H]2O[C@H](CO)[C@@H](O)[C@H]2O)c(=O)[nH]1.[O]=[V]([OH])[OH]. The zero-order chi connectivity index (χ0) is 16.2. The second-order valence-electron chi connectivity index (χ2n) is 4.00. The molecule has 2 heterocycles. The maximum absolute atomic E-state index is 11.4. The Labute approximate surface area is 122 Å². The fourth-order valence-corrected chi connectivity index (χ4v) is 1.74. The van der Waals surface area contributed by atoms with Gasteiger partial charge < -0.3 is 20.1 Å². The molecule has 0 radical (unpaired) electrons. The van der Waals surface area contributed by atoms with Crippen LogP contribution in [0.25, 0.3) is 0 Å². The van der Waals surface area contributed by atoms with E-state index in [1.165, 1.54) is 0 Å². The number of aliphatic hydroxyl groups is 3. The van der Waals surface area contributed by atoms with Crippen molar-refractivity contribution in [3.8, 4) is 0 Å². The van der Waals surface area contributed by atoms with Crippen molar-refractivity contribution in [1.82, 2.24) is 9.55 Å². The quantitative estimate of drug-likeness (QED) is 0.310. The van der Waals surface area contributed by atoms with Crippen LogP contribution < -0.4 is 11.2 Å². The van der Waals surface area contributed by atoms with E-state index in [1.807, 2.05) is 4.98 Å². The second-order valence-corrected chi connectivity index (χ2v) is 4.79. The van der Waals surface area contributed by atoms with Gasteiger partial charge in [0.25, 0.3) is 5.56 Å². The topological polar surface area (TPSA) is 182 Å². The van der Waals surface area contributed by atoms with Crippen molar-refractivity contribution in [2.24, 2.45) is 0 Å². The van der Waals surface area contributed by atoms with E-state index in [0.717, 1.165) is 16.8 Å². The number of rotatable bonds is 2. The van der Waals surface area contributed by atoms with Gasteiger partial charge in [0.2, 0.25) is 0 Å². The standard InChI is InChI=1S/C9H12N2O6.2H2O.O.V/c12-3-4-6(14)7(15)8(17-4)11-2-1-5(13)10-9(11)16;;;;/h1-2,4,6-8,12,14-15H,3H2,(H,10,13,16);2*1H2;;/q;;;;+2/p-2/t4-,6-,7-,8-;;;;/m1..../s1. The van der Waals surface area contributed by atoms with Crippen LogP contribution in [0.2, 0.25) is 0 Å². The summed E-state index contributed by atoms with van der Waals surface area (Å²) in [5.41, 5.74) is -1.33. The van der Waals surface area contributed by atoms with E-state index < -0.39 is 58.2 Å². The van der Waals surface area contributed by atoms with Gasteiger partial charge in [-0.2, -0.15) is 0 Å². The molecule has 2 rings (SSSR count). The van der Waals surface area contributed by atoms with Gasteiger partial charge in [-0.3, -0.25) is 14.3 Å². The molecule has 1 aromatic rings. The third kappa shape index (κ3) is 4.66. The maximum atomic E-state index is 11.4. The molecule has 0 bridgehead atoms. The normalized spacial score (nSPS) is 27.9. The fraction of sp³-hybridized carbons (Fsp3) is 0.556. The summed E-state index contributed by atoms with van der Waals surface area (Å²) in [6.07, 6.45) is -3.58. The zero-order valence-electron chi connectivity index (χ0n) is 10.4. The molecule has 0 unspecified atom stereocenters. The summed E-state index contributed by atoms with van der Waals surface area (Å²) in [5, 5.41) is 28.1. The van der Waals surface area contributed by atoms with Crippen LogP contribution in [0.1, 0.15) is 6.23 Å². The third-order valence-electron chi connectivity index (χ3n) is 2.64. The van der Waals surface area contributed by atoms with Crippen LogP contribution in [0, 0.1) is 0 Å². The Morgan fingerprint density at radius 2 is 1.86 bits per heavy atom. The Kier molecular flexibility index (Phi) is 6.58. The van der Waals surface area contributed by atoms with Gasteiger partial charge in [-0.25, -0.2) is 4.79 Å². The molecule has 0 amide bonds. The average Bonchev–Trinajstić information content (AvgIpc) is 2.66. The number of H-pyrrole nitrogens is 1. The molecule has 21 heavy (non-hydrogen) atoms. The molecule has 11 nitrogen and oxygen atoms in total. The van der Waals surface area contributed by atoms with Crippen LogP contribution in [0.3, 0.4) is 0 Å². The predicted molar refractivity (Wildman–Crippen MR) is 59.5 cm³/mol. The Balaban J connectivity index is 0.000000491. The van der Waals surface area contributed by atoms with Crippen molar-refractivity contribution < 1.29 is 47.6 Å². The van der Waals surface area contributed by atoms with Crippen LogP contribution in [0.5, 0.6) is 0 Å². The van der Waals surface area contributed by atoms with Crippen LogP contribution >= 0.6 is 0 Å². The molecule has 1 aliphatic heterocycles. The monoisotopic (exact) mass is 345 g/mol. The van der Waals surface area contributed by atoms with Gasteiger partial charge in [-0.05, 0) is 0 Å². The first-order valence-corrected chi connectivity index (χ1v) is 7.38. The van der Waals surface area contributed by atoms with Crippen LogP contribution in [0.15, 0.2) is 21.9 Å². The molecule has 0 aliphatic carbocycles. The summed E-state index contributed by atoms with van der Waals surface area (Å²) in [6.45, 7) is -0.479. The van der Waals surface area contributed by atoms with Gasteiger partial charge in [-0.15, -0.1) is 0 Å². The Morgan fingerprint density at radius 1 is 1.29 bits per heavy atom. The van der Waals surface area contributed by atoms with Gasteiger partial charge in [0.15, 0.2) is 6.23 Å². The molecule has 1 aromatic heterocycles. The predicted octanol–water partition coefficient (Wildman–Crippen LogP) is -4.09. The molecule has 0 saturated carbocycles. The number of nitrogens with one attached hydrogen (secondary N) is 1. The van der Waals surface area contributed by atoms with Gasteiger partial charge in [0.05, 0.1) is 6.61 Å². The molecule has 6 N–H and O–H groups in total. The Hall–Kier alpha value is -1.18. The molecular weight excluding hydrogens is 331 g/mol. The summed E-state index contributed by atoms with van der Waals surface area (Å²) in [4.78, 5) is 24.3. The summed E-state index contributed by atoms with van der Waals surface area (Å²) in [6, 6.07) is 1.09.